The zero-order valence-electron chi connectivity index (χ0n) is 15.0. The number of aromatic nitrogens is 1. The van der Waals surface area contributed by atoms with Crippen molar-refractivity contribution in [2.45, 2.75) is 39.2 Å². The summed E-state index contributed by atoms with van der Waals surface area (Å²) in [7, 11) is 0. The van der Waals surface area contributed by atoms with E-state index in [4.69, 9.17) is 4.42 Å². The van der Waals surface area contributed by atoms with Crippen LogP contribution in [-0.4, -0.2) is 35.6 Å². The van der Waals surface area contributed by atoms with E-state index in [-0.39, 0.29) is 12.5 Å². The number of rotatable bonds is 5. The smallest absolute Gasteiger partial charge is 0.252 e. The van der Waals surface area contributed by atoms with E-state index in [1.165, 1.54) is 12.8 Å². The molecule has 1 amide bonds. The number of furan rings is 1. The Morgan fingerprint density at radius 3 is 2.64 bits per heavy atom. The van der Waals surface area contributed by atoms with Gasteiger partial charge in [0.2, 0.25) is 0 Å². The first kappa shape index (κ1) is 17.5. The van der Waals surface area contributed by atoms with Crippen LogP contribution in [0.2, 0.25) is 0 Å². The predicted octanol–water partition coefficient (Wildman–Crippen LogP) is 2.53. The molecule has 3 rings (SSSR count). The first-order chi connectivity index (χ1) is 11.9. The average Bonchev–Trinajstić information content (AvgIpc) is 3.23. The van der Waals surface area contributed by atoms with Crippen LogP contribution >= 0.6 is 0 Å². The molecule has 1 aliphatic heterocycles. The molecule has 0 radical (unpaired) electrons. The minimum absolute atomic E-state index is 0.0967. The highest BCUT2D eigenvalue weighted by molar-refractivity contribution is 5.94. The van der Waals surface area contributed by atoms with Crippen molar-refractivity contribution in [2.75, 3.05) is 24.5 Å². The first-order valence-corrected chi connectivity index (χ1v) is 8.66. The summed E-state index contributed by atoms with van der Waals surface area (Å²) in [6.45, 7) is 7.44. The van der Waals surface area contributed by atoms with E-state index < -0.39 is 5.60 Å². The number of amides is 1. The minimum Gasteiger partial charge on any atom is -0.466 e. The van der Waals surface area contributed by atoms with Gasteiger partial charge in [0.15, 0.2) is 0 Å². The zero-order valence-corrected chi connectivity index (χ0v) is 15.0. The molecule has 6 heteroatoms. The van der Waals surface area contributed by atoms with Crippen LogP contribution in [-0.2, 0) is 5.60 Å². The molecule has 0 saturated carbocycles. The van der Waals surface area contributed by atoms with E-state index in [1.54, 1.807) is 32.2 Å². The van der Waals surface area contributed by atoms with Gasteiger partial charge >= 0.3 is 0 Å². The van der Waals surface area contributed by atoms with E-state index in [0.29, 0.717) is 16.9 Å². The zero-order chi connectivity index (χ0) is 18.0. The van der Waals surface area contributed by atoms with Gasteiger partial charge in [-0.3, -0.25) is 4.79 Å². The second-order valence-corrected chi connectivity index (χ2v) is 6.88. The number of nitrogens with one attached hydrogen (secondary N) is 1. The van der Waals surface area contributed by atoms with Gasteiger partial charge in [0.25, 0.3) is 5.91 Å². The van der Waals surface area contributed by atoms with Crippen molar-refractivity contribution in [1.29, 1.82) is 0 Å². The maximum absolute atomic E-state index is 12.3. The van der Waals surface area contributed by atoms with Crippen LogP contribution in [0.3, 0.4) is 0 Å². The van der Waals surface area contributed by atoms with Crippen molar-refractivity contribution >= 4 is 11.7 Å². The van der Waals surface area contributed by atoms with Gasteiger partial charge in [-0.25, -0.2) is 4.98 Å². The Morgan fingerprint density at radius 1 is 1.36 bits per heavy atom. The van der Waals surface area contributed by atoms with Crippen LogP contribution in [0.5, 0.6) is 0 Å². The Bertz CT molecular complexity index is 744. The van der Waals surface area contributed by atoms with Gasteiger partial charge in [-0.2, -0.15) is 0 Å². The van der Waals surface area contributed by atoms with Crippen LogP contribution in [0.1, 0.15) is 47.2 Å². The Hall–Kier alpha value is -2.34. The third-order valence-corrected chi connectivity index (χ3v) is 4.65. The maximum atomic E-state index is 12.3. The minimum atomic E-state index is -1.19. The van der Waals surface area contributed by atoms with Crippen molar-refractivity contribution in [3.8, 4) is 0 Å². The number of nitrogens with zero attached hydrogens (tertiary/aromatic N) is 2. The normalized spacial score (nSPS) is 16.7. The fourth-order valence-electron chi connectivity index (χ4n) is 3.27. The number of hydrogen-bond acceptors (Lipinski definition) is 5. The molecule has 134 valence electrons. The lowest BCUT2D eigenvalue weighted by Crippen LogP contribution is -2.38. The van der Waals surface area contributed by atoms with E-state index >= 15 is 0 Å². The van der Waals surface area contributed by atoms with E-state index in [1.807, 2.05) is 13.0 Å². The molecule has 25 heavy (non-hydrogen) atoms. The van der Waals surface area contributed by atoms with E-state index in [9.17, 15) is 9.90 Å². The van der Waals surface area contributed by atoms with Gasteiger partial charge in [0, 0.05) is 24.8 Å². The van der Waals surface area contributed by atoms with Crippen molar-refractivity contribution in [3.63, 3.8) is 0 Å². The van der Waals surface area contributed by atoms with Crippen LogP contribution in [0.25, 0.3) is 0 Å². The van der Waals surface area contributed by atoms with Crippen molar-refractivity contribution < 1.29 is 14.3 Å². The number of carbonyl (C=O) groups is 1. The topological polar surface area (TPSA) is 78.6 Å². The number of pyridine rings is 1. The molecule has 1 fully saturated rings. The van der Waals surface area contributed by atoms with Crippen molar-refractivity contribution in [3.05, 3.63) is 47.0 Å². The van der Waals surface area contributed by atoms with Gasteiger partial charge < -0.3 is 19.7 Å². The summed E-state index contributed by atoms with van der Waals surface area (Å²) in [5.41, 5.74) is -0.0212. The Balaban J connectivity index is 1.62. The molecule has 6 nitrogen and oxygen atoms in total. The SMILES string of the molecule is Cc1cc([C@](C)(O)CNC(=O)c2ccc(N3CCCC3)nc2)c(C)o1. The molecular formula is C19H25N3O3. The molecular weight excluding hydrogens is 318 g/mol. The van der Waals surface area contributed by atoms with Gasteiger partial charge in [-0.15, -0.1) is 0 Å². The van der Waals surface area contributed by atoms with E-state index in [0.717, 1.165) is 24.7 Å². The van der Waals surface area contributed by atoms with Crippen LogP contribution in [0, 0.1) is 13.8 Å². The average molecular weight is 343 g/mol. The van der Waals surface area contributed by atoms with Gasteiger partial charge in [-0.1, -0.05) is 0 Å². The molecule has 0 aliphatic carbocycles. The Kier molecular flexibility index (Phi) is 4.81. The number of carbonyl (C=O) groups excluding carboxylic acids is 1. The van der Waals surface area contributed by atoms with E-state index in [2.05, 4.69) is 15.2 Å². The highest BCUT2D eigenvalue weighted by Crippen LogP contribution is 2.26. The number of anilines is 1. The maximum Gasteiger partial charge on any atom is 0.252 e. The standard InChI is InChI=1S/C19H25N3O3/c1-13-10-16(14(2)25-13)19(3,24)12-21-18(23)15-6-7-17(20-11-15)22-8-4-5-9-22/h6-7,10-11,24H,4-5,8-9,12H2,1-3H3,(H,21,23)/t19-/m1/s1. The fraction of sp³-hybridized carbons (Fsp3) is 0.474. The molecule has 3 heterocycles. The highest BCUT2D eigenvalue weighted by atomic mass is 16.3. The number of aryl methyl sites for hydroxylation is 2. The molecule has 2 aromatic rings. The lowest BCUT2D eigenvalue weighted by Gasteiger charge is -2.23. The van der Waals surface area contributed by atoms with Crippen molar-refractivity contribution in [2.24, 2.45) is 0 Å². The van der Waals surface area contributed by atoms with Crippen LogP contribution in [0.15, 0.2) is 28.8 Å². The third kappa shape index (κ3) is 3.85. The third-order valence-electron chi connectivity index (χ3n) is 4.65. The molecule has 0 aromatic carbocycles. The predicted molar refractivity (Wildman–Crippen MR) is 95.8 cm³/mol. The summed E-state index contributed by atoms with van der Waals surface area (Å²) in [6, 6.07) is 5.45. The van der Waals surface area contributed by atoms with Gasteiger partial charge in [-0.05, 0) is 51.8 Å². The molecule has 0 spiro atoms. The molecule has 2 aromatic heterocycles. The van der Waals surface area contributed by atoms with Crippen molar-refractivity contribution in [1.82, 2.24) is 10.3 Å². The second kappa shape index (κ2) is 6.88. The summed E-state index contributed by atoms with van der Waals surface area (Å²) >= 11 is 0. The molecule has 1 atom stereocenters. The molecule has 1 saturated heterocycles. The molecule has 2 N–H and O–H groups in total. The largest absolute Gasteiger partial charge is 0.466 e. The summed E-state index contributed by atoms with van der Waals surface area (Å²) < 4.78 is 5.47. The molecule has 0 unspecified atom stereocenters. The summed E-state index contributed by atoms with van der Waals surface area (Å²) in [4.78, 5) is 19.0. The van der Waals surface area contributed by atoms with Gasteiger partial charge in [0.1, 0.15) is 22.9 Å². The second-order valence-electron chi connectivity index (χ2n) is 6.88. The lowest BCUT2D eigenvalue weighted by atomic mass is 9.96. The first-order valence-electron chi connectivity index (χ1n) is 8.66. The lowest BCUT2D eigenvalue weighted by molar-refractivity contribution is 0.0514. The summed E-state index contributed by atoms with van der Waals surface area (Å²) in [5.74, 6) is 2.05. The quantitative estimate of drug-likeness (QED) is 0.872. The summed E-state index contributed by atoms with van der Waals surface area (Å²) in [5, 5.41) is 13.4. The molecule has 1 aliphatic rings. The summed E-state index contributed by atoms with van der Waals surface area (Å²) in [6.07, 6.45) is 3.96. The Morgan fingerprint density at radius 2 is 2.08 bits per heavy atom. The van der Waals surface area contributed by atoms with Gasteiger partial charge in [0.05, 0.1) is 12.1 Å². The van der Waals surface area contributed by atoms with Crippen LogP contribution in [0.4, 0.5) is 5.82 Å². The monoisotopic (exact) mass is 343 g/mol. The van der Waals surface area contributed by atoms with Crippen LogP contribution < -0.4 is 10.2 Å². The number of aliphatic hydroxyl groups is 1. The molecule has 0 bridgehead atoms. The fourth-order valence-corrected chi connectivity index (χ4v) is 3.27. The number of hydrogen-bond donors (Lipinski definition) is 2. The Labute approximate surface area is 147 Å². The highest BCUT2D eigenvalue weighted by Gasteiger charge is 2.28.